The number of para-hydroxylation sites is 1. The van der Waals surface area contributed by atoms with Gasteiger partial charge in [0.2, 0.25) is 5.91 Å². The molecule has 1 saturated carbocycles. The zero-order valence-corrected chi connectivity index (χ0v) is 12.6. The SMILES string of the molecule is CC(C)(NCC(=O)Nc1c(Cl)cccc1Cl)C1CC1. The summed E-state index contributed by atoms with van der Waals surface area (Å²) in [6.07, 6.45) is 2.47. The van der Waals surface area contributed by atoms with Gasteiger partial charge in [-0.2, -0.15) is 0 Å². The number of amides is 1. The summed E-state index contributed by atoms with van der Waals surface area (Å²) in [5.74, 6) is 0.535. The number of carbonyl (C=O) groups is 1. The van der Waals surface area contributed by atoms with Crippen molar-refractivity contribution >= 4 is 34.8 Å². The molecule has 0 aromatic heterocycles. The number of anilines is 1. The molecule has 0 heterocycles. The van der Waals surface area contributed by atoms with E-state index in [2.05, 4.69) is 24.5 Å². The van der Waals surface area contributed by atoms with Crippen molar-refractivity contribution in [2.45, 2.75) is 32.2 Å². The molecule has 0 bridgehead atoms. The van der Waals surface area contributed by atoms with Crippen LogP contribution in [0.5, 0.6) is 0 Å². The van der Waals surface area contributed by atoms with Gasteiger partial charge in [0.15, 0.2) is 0 Å². The van der Waals surface area contributed by atoms with Gasteiger partial charge in [-0.15, -0.1) is 0 Å². The van der Waals surface area contributed by atoms with Crippen molar-refractivity contribution in [2.24, 2.45) is 5.92 Å². The van der Waals surface area contributed by atoms with Gasteiger partial charge in [0, 0.05) is 5.54 Å². The van der Waals surface area contributed by atoms with Crippen LogP contribution in [-0.2, 0) is 4.79 Å². The van der Waals surface area contributed by atoms with Crippen molar-refractivity contribution in [1.82, 2.24) is 5.32 Å². The van der Waals surface area contributed by atoms with Crippen LogP contribution in [0.1, 0.15) is 26.7 Å². The lowest BCUT2D eigenvalue weighted by Gasteiger charge is -2.26. The maximum atomic E-state index is 11.9. The highest BCUT2D eigenvalue weighted by Gasteiger charge is 2.37. The lowest BCUT2D eigenvalue weighted by Crippen LogP contribution is -2.45. The molecule has 19 heavy (non-hydrogen) atoms. The van der Waals surface area contributed by atoms with Crippen LogP contribution in [-0.4, -0.2) is 18.0 Å². The fourth-order valence-corrected chi connectivity index (χ4v) is 2.55. The van der Waals surface area contributed by atoms with E-state index < -0.39 is 0 Å². The molecular formula is C14H18Cl2N2O. The molecule has 1 aliphatic carbocycles. The molecule has 0 saturated heterocycles. The summed E-state index contributed by atoms with van der Waals surface area (Å²) in [6.45, 7) is 4.51. The molecule has 0 spiro atoms. The van der Waals surface area contributed by atoms with Gasteiger partial charge in [-0.1, -0.05) is 29.3 Å². The molecule has 1 amide bonds. The highest BCUT2D eigenvalue weighted by molar-refractivity contribution is 6.39. The lowest BCUT2D eigenvalue weighted by atomic mass is 9.99. The van der Waals surface area contributed by atoms with Crippen molar-refractivity contribution < 1.29 is 4.79 Å². The number of carbonyl (C=O) groups excluding carboxylic acids is 1. The van der Waals surface area contributed by atoms with E-state index in [0.29, 0.717) is 21.7 Å². The van der Waals surface area contributed by atoms with E-state index in [0.717, 1.165) is 0 Å². The van der Waals surface area contributed by atoms with Crippen LogP contribution in [0, 0.1) is 5.92 Å². The molecule has 1 fully saturated rings. The van der Waals surface area contributed by atoms with Gasteiger partial charge in [-0.25, -0.2) is 0 Å². The third kappa shape index (κ3) is 3.85. The first-order valence-electron chi connectivity index (χ1n) is 6.39. The summed E-state index contributed by atoms with van der Waals surface area (Å²) in [5, 5.41) is 6.92. The molecule has 1 aromatic carbocycles. The standard InChI is InChI=1S/C14H18Cl2N2O/c1-14(2,9-6-7-9)17-8-12(19)18-13-10(15)4-3-5-11(13)16/h3-5,9,17H,6-8H2,1-2H3,(H,18,19). The fourth-order valence-electron chi connectivity index (χ4n) is 2.06. The van der Waals surface area contributed by atoms with Crippen LogP contribution in [0.15, 0.2) is 18.2 Å². The van der Waals surface area contributed by atoms with Crippen molar-refractivity contribution in [2.75, 3.05) is 11.9 Å². The monoisotopic (exact) mass is 300 g/mol. The van der Waals surface area contributed by atoms with Gasteiger partial charge in [-0.05, 0) is 44.7 Å². The summed E-state index contributed by atoms with van der Waals surface area (Å²) in [7, 11) is 0. The van der Waals surface area contributed by atoms with E-state index in [9.17, 15) is 4.79 Å². The van der Waals surface area contributed by atoms with Gasteiger partial charge in [-0.3, -0.25) is 4.79 Å². The van der Waals surface area contributed by atoms with E-state index in [1.165, 1.54) is 12.8 Å². The van der Waals surface area contributed by atoms with Crippen molar-refractivity contribution in [3.05, 3.63) is 28.2 Å². The minimum atomic E-state index is -0.135. The summed E-state index contributed by atoms with van der Waals surface area (Å²) >= 11 is 12.0. The van der Waals surface area contributed by atoms with Crippen molar-refractivity contribution in [3.8, 4) is 0 Å². The second-order valence-electron chi connectivity index (χ2n) is 5.49. The minimum Gasteiger partial charge on any atom is -0.322 e. The van der Waals surface area contributed by atoms with Crippen LogP contribution < -0.4 is 10.6 Å². The Balaban J connectivity index is 1.91. The van der Waals surface area contributed by atoms with E-state index >= 15 is 0 Å². The number of hydrogen-bond donors (Lipinski definition) is 2. The highest BCUT2D eigenvalue weighted by Crippen LogP contribution is 2.39. The molecule has 1 aliphatic rings. The first-order chi connectivity index (χ1) is 8.90. The number of rotatable bonds is 5. The predicted octanol–water partition coefficient (Wildman–Crippen LogP) is 3.71. The number of benzene rings is 1. The Hall–Kier alpha value is -0.770. The molecular weight excluding hydrogens is 283 g/mol. The Morgan fingerprint density at radius 1 is 1.32 bits per heavy atom. The summed E-state index contributed by atoms with van der Waals surface area (Å²) in [4.78, 5) is 11.9. The molecule has 0 atom stereocenters. The molecule has 2 rings (SSSR count). The van der Waals surface area contributed by atoms with Gasteiger partial charge >= 0.3 is 0 Å². The first-order valence-corrected chi connectivity index (χ1v) is 7.14. The van der Waals surface area contributed by atoms with Crippen LogP contribution in [0.3, 0.4) is 0 Å². The fraction of sp³-hybridized carbons (Fsp3) is 0.500. The quantitative estimate of drug-likeness (QED) is 0.870. The Morgan fingerprint density at radius 3 is 2.42 bits per heavy atom. The largest absolute Gasteiger partial charge is 0.322 e. The second kappa shape index (κ2) is 5.70. The van der Waals surface area contributed by atoms with Crippen molar-refractivity contribution in [1.29, 1.82) is 0 Å². The van der Waals surface area contributed by atoms with Crippen molar-refractivity contribution in [3.63, 3.8) is 0 Å². The Labute approximate surface area is 123 Å². The molecule has 0 aliphatic heterocycles. The zero-order chi connectivity index (χ0) is 14.0. The smallest absolute Gasteiger partial charge is 0.238 e. The maximum absolute atomic E-state index is 11.9. The van der Waals surface area contributed by atoms with Crippen LogP contribution in [0.25, 0.3) is 0 Å². The number of hydrogen-bond acceptors (Lipinski definition) is 2. The van der Waals surface area contributed by atoms with Crippen LogP contribution >= 0.6 is 23.2 Å². The van der Waals surface area contributed by atoms with E-state index in [1.54, 1.807) is 18.2 Å². The summed E-state index contributed by atoms with van der Waals surface area (Å²) in [5.41, 5.74) is 0.476. The van der Waals surface area contributed by atoms with E-state index in [1.807, 2.05) is 0 Å². The van der Waals surface area contributed by atoms with Gasteiger partial charge in [0.1, 0.15) is 0 Å². The molecule has 3 nitrogen and oxygen atoms in total. The van der Waals surface area contributed by atoms with Gasteiger partial charge < -0.3 is 10.6 Å². The van der Waals surface area contributed by atoms with Crippen LogP contribution in [0.4, 0.5) is 5.69 Å². The Morgan fingerprint density at radius 2 is 1.89 bits per heavy atom. The highest BCUT2D eigenvalue weighted by atomic mass is 35.5. The average Bonchev–Trinajstić information content (AvgIpc) is 3.16. The lowest BCUT2D eigenvalue weighted by molar-refractivity contribution is -0.115. The summed E-state index contributed by atoms with van der Waals surface area (Å²) in [6, 6.07) is 5.14. The molecule has 2 N–H and O–H groups in total. The molecule has 0 unspecified atom stereocenters. The zero-order valence-electron chi connectivity index (χ0n) is 11.1. The molecule has 1 aromatic rings. The third-order valence-corrected chi connectivity index (χ3v) is 4.16. The van der Waals surface area contributed by atoms with Crippen LogP contribution in [0.2, 0.25) is 10.0 Å². The Kier molecular flexibility index (Phi) is 4.39. The minimum absolute atomic E-state index is 0.00160. The van der Waals surface area contributed by atoms with E-state index in [-0.39, 0.29) is 18.0 Å². The second-order valence-corrected chi connectivity index (χ2v) is 6.31. The maximum Gasteiger partial charge on any atom is 0.238 e. The third-order valence-electron chi connectivity index (χ3n) is 3.53. The van der Waals surface area contributed by atoms with Gasteiger partial charge in [0.05, 0.1) is 22.3 Å². The molecule has 104 valence electrons. The first kappa shape index (κ1) is 14.6. The summed E-state index contributed by atoms with van der Waals surface area (Å²) < 4.78 is 0. The van der Waals surface area contributed by atoms with Gasteiger partial charge in [0.25, 0.3) is 0 Å². The van der Waals surface area contributed by atoms with E-state index in [4.69, 9.17) is 23.2 Å². The normalized spacial score (nSPS) is 15.4. The Bertz CT molecular complexity index is 464. The number of halogens is 2. The average molecular weight is 301 g/mol. The topological polar surface area (TPSA) is 41.1 Å². The molecule has 5 heteroatoms. The predicted molar refractivity (Wildman–Crippen MR) is 79.9 cm³/mol. The number of nitrogens with one attached hydrogen (secondary N) is 2. The molecule has 0 radical (unpaired) electrons.